The zero-order chi connectivity index (χ0) is 9.83. The lowest BCUT2D eigenvalue weighted by Gasteiger charge is -2.30. The highest BCUT2D eigenvalue weighted by molar-refractivity contribution is 6.81. The highest BCUT2D eigenvalue weighted by atomic mass is 28.4. The molecule has 4 heteroatoms. The van der Waals surface area contributed by atoms with Crippen molar-refractivity contribution in [3.63, 3.8) is 0 Å². The summed E-state index contributed by atoms with van der Waals surface area (Å²) >= 11 is 0. The molecule has 0 N–H and O–H groups in total. The second-order valence-corrected chi connectivity index (χ2v) is 12.3. The van der Waals surface area contributed by atoms with Crippen LogP contribution in [0.1, 0.15) is 0 Å². The van der Waals surface area contributed by atoms with E-state index in [2.05, 4.69) is 39.3 Å². The molecule has 0 aromatic rings. The smallest absolute Gasteiger partial charge is 0.321 e. The van der Waals surface area contributed by atoms with Crippen LogP contribution < -0.4 is 0 Å². The average Bonchev–Trinajstić information content (AvgIpc) is 1.78. The summed E-state index contributed by atoms with van der Waals surface area (Å²) in [6, 6.07) is 0. The molecule has 0 aromatic carbocycles. The number of hydrogen-bond donors (Lipinski definition) is 0. The Hall–Kier alpha value is 0.0938. The van der Waals surface area contributed by atoms with E-state index in [1.54, 1.807) is 6.08 Å². The predicted molar refractivity (Wildman–Crippen MR) is 58.1 cm³/mol. The molecule has 2 nitrogen and oxygen atoms in total. The second kappa shape index (κ2) is 4.36. The van der Waals surface area contributed by atoms with Crippen LogP contribution >= 0.6 is 0 Å². The first-order valence-electron chi connectivity index (χ1n) is 4.22. The van der Waals surface area contributed by atoms with E-state index in [0.29, 0.717) is 6.61 Å². The summed E-state index contributed by atoms with van der Waals surface area (Å²) in [5.74, 6) is 0. The van der Waals surface area contributed by atoms with Crippen LogP contribution in [-0.4, -0.2) is 23.5 Å². The molecule has 0 rings (SSSR count). The molecule has 0 radical (unpaired) electrons. The highest BCUT2D eigenvalue weighted by Gasteiger charge is 2.30. The Balaban J connectivity index is 3.94. The van der Waals surface area contributed by atoms with Crippen molar-refractivity contribution in [3.05, 3.63) is 12.7 Å². The first-order valence-corrected chi connectivity index (χ1v) is 10.4. The van der Waals surface area contributed by atoms with Crippen molar-refractivity contribution in [2.45, 2.75) is 32.7 Å². The lowest BCUT2D eigenvalue weighted by molar-refractivity contribution is 0.277. The Kier molecular flexibility index (Phi) is 4.40. The third kappa shape index (κ3) is 6.78. The van der Waals surface area contributed by atoms with Crippen molar-refractivity contribution in [1.82, 2.24) is 0 Å². The molecule has 0 fully saturated rings. The van der Waals surface area contributed by atoms with Crippen LogP contribution in [0.25, 0.3) is 0 Å². The second-order valence-electron chi connectivity index (χ2n) is 4.21. The predicted octanol–water partition coefficient (Wildman–Crippen LogP) is 2.74. The molecule has 0 spiro atoms. The molecule has 0 atom stereocenters. The van der Waals surface area contributed by atoms with Crippen molar-refractivity contribution < 1.29 is 8.54 Å². The molecule has 0 aromatic heterocycles. The van der Waals surface area contributed by atoms with E-state index < -0.39 is 16.9 Å². The van der Waals surface area contributed by atoms with Gasteiger partial charge in [-0.25, -0.2) is 0 Å². The Morgan fingerprint density at radius 3 is 2.00 bits per heavy atom. The van der Waals surface area contributed by atoms with Crippen molar-refractivity contribution >= 4 is 16.9 Å². The molecule has 0 aliphatic heterocycles. The van der Waals surface area contributed by atoms with Gasteiger partial charge in [0.1, 0.15) is 0 Å². The first-order chi connectivity index (χ1) is 5.27. The Bertz CT molecular complexity index is 150. The van der Waals surface area contributed by atoms with Gasteiger partial charge in [-0.05, 0) is 32.7 Å². The fourth-order valence-electron chi connectivity index (χ4n) is 1.03. The molecule has 0 saturated heterocycles. The van der Waals surface area contributed by atoms with Crippen molar-refractivity contribution in [3.8, 4) is 0 Å². The maximum Gasteiger partial charge on any atom is 0.321 e. The van der Waals surface area contributed by atoms with E-state index in [1.165, 1.54) is 0 Å². The standard InChI is InChI=1S/C8H20O2Si2/c1-7-8-9-12(5,6)10-11(2,3)4/h7H,1,8H2,2-6H3. The van der Waals surface area contributed by atoms with Crippen LogP contribution in [0, 0.1) is 0 Å². The number of rotatable bonds is 5. The summed E-state index contributed by atoms with van der Waals surface area (Å²) in [7, 11) is -3.31. The summed E-state index contributed by atoms with van der Waals surface area (Å²) in [5.41, 5.74) is 0. The van der Waals surface area contributed by atoms with E-state index in [9.17, 15) is 0 Å². The van der Waals surface area contributed by atoms with Gasteiger partial charge in [-0.1, -0.05) is 6.08 Å². The third-order valence-electron chi connectivity index (χ3n) is 1.10. The summed E-state index contributed by atoms with van der Waals surface area (Å²) in [6.07, 6.45) is 1.77. The molecule has 0 amide bonds. The van der Waals surface area contributed by atoms with Gasteiger partial charge < -0.3 is 8.54 Å². The van der Waals surface area contributed by atoms with Crippen LogP contribution in [-0.2, 0) is 8.54 Å². The normalized spacial score (nSPS) is 13.1. The molecular formula is C8H20O2Si2. The van der Waals surface area contributed by atoms with E-state index in [0.717, 1.165) is 0 Å². The lowest BCUT2D eigenvalue weighted by atomic mass is 10.7. The van der Waals surface area contributed by atoms with Crippen molar-refractivity contribution in [2.24, 2.45) is 0 Å². The Labute approximate surface area is 78.0 Å². The molecule has 12 heavy (non-hydrogen) atoms. The monoisotopic (exact) mass is 204 g/mol. The zero-order valence-corrected chi connectivity index (χ0v) is 10.8. The van der Waals surface area contributed by atoms with Gasteiger partial charge in [0.2, 0.25) is 0 Å². The van der Waals surface area contributed by atoms with E-state index in [1.807, 2.05) is 0 Å². The van der Waals surface area contributed by atoms with Crippen molar-refractivity contribution in [2.75, 3.05) is 6.61 Å². The van der Waals surface area contributed by atoms with Gasteiger partial charge in [0.05, 0.1) is 6.61 Å². The topological polar surface area (TPSA) is 18.5 Å². The van der Waals surface area contributed by atoms with Crippen LogP contribution in [0.5, 0.6) is 0 Å². The molecular weight excluding hydrogens is 184 g/mol. The summed E-state index contributed by atoms with van der Waals surface area (Å²) in [4.78, 5) is 0. The Morgan fingerprint density at radius 1 is 1.17 bits per heavy atom. The van der Waals surface area contributed by atoms with Crippen LogP contribution in [0.2, 0.25) is 32.7 Å². The van der Waals surface area contributed by atoms with Gasteiger partial charge in [0.15, 0.2) is 8.32 Å². The molecule has 72 valence electrons. The van der Waals surface area contributed by atoms with Crippen LogP contribution in [0.4, 0.5) is 0 Å². The molecule has 0 heterocycles. The first kappa shape index (κ1) is 12.1. The maximum absolute atomic E-state index is 5.94. The van der Waals surface area contributed by atoms with Gasteiger partial charge in [-0.15, -0.1) is 6.58 Å². The Morgan fingerprint density at radius 2 is 1.67 bits per heavy atom. The zero-order valence-electron chi connectivity index (χ0n) is 8.81. The summed E-state index contributed by atoms with van der Waals surface area (Å²) in [5, 5.41) is 0. The van der Waals surface area contributed by atoms with Gasteiger partial charge in [0, 0.05) is 0 Å². The average molecular weight is 204 g/mol. The molecule has 0 unspecified atom stereocenters. The molecule has 0 aliphatic rings. The quantitative estimate of drug-likeness (QED) is 0.506. The van der Waals surface area contributed by atoms with E-state index in [4.69, 9.17) is 8.54 Å². The molecule has 0 aliphatic carbocycles. The SMILES string of the molecule is C=CCO[Si](C)(C)O[Si](C)(C)C. The summed E-state index contributed by atoms with van der Waals surface area (Å²) in [6.45, 7) is 14.9. The van der Waals surface area contributed by atoms with Gasteiger partial charge in [0.25, 0.3) is 0 Å². The van der Waals surface area contributed by atoms with Crippen LogP contribution in [0.3, 0.4) is 0 Å². The van der Waals surface area contributed by atoms with Gasteiger partial charge in [-0.2, -0.15) is 0 Å². The van der Waals surface area contributed by atoms with Gasteiger partial charge >= 0.3 is 8.56 Å². The fraction of sp³-hybridized carbons (Fsp3) is 0.750. The minimum Gasteiger partial charge on any atom is -0.436 e. The number of hydrogen-bond acceptors (Lipinski definition) is 2. The summed E-state index contributed by atoms with van der Waals surface area (Å²) < 4.78 is 11.5. The fourth-order valence-corrected chi connectivity index (χ4v) is 7.68. The minimum absolute atomic E-state index is 0.601. The largest absolute Gasteiger partial charge is 0.436 e. The van der Waals surface area contributed by atoms with Gasteiger partial charge in [-0.3, -0.25) is 0 Å². The maximum atomic E-state index is 5.94. The minimum atomic E-state index is -1.87. The molecule has 0 saturated carbocycles. The highest BCUT2D eigenvalue weighted by Crippen LogP contribution is 2.14. The third-order valence-corrected chi connectivity index (χ3v) is 6.38. The lowest BCUT2D eigenvalue weighted by Crippen LogP contribution is -2.44. The van der Waals surface area contributed by atoms with E-state index in [-0.39, 0.29) is 0 Å². The van der Waals surface area contributed by atoms with Crippen molar-refractivity contribution in [1.29, 1.82) is 0 Å². The van der Waals surface area contributed by atoms with Crippen LogP contribution in [0.15, 0.2) is 12.7 Å². The molecule has 0 bridgehead atoms. The van der Waals surface area contributed by atoms with E-state index >= 15 is 0 Å².